The summed E-state index contributed by atoms with van der Waals surface area (Å²) in [4.78, 5) is 22.6. The second-order valence-electron chi connectivity index (χ2n) is 4.08. The van der Waals surface area contributed by atoms with E-state index in [2.05, 4.69) is 11.2 Å². The van der Waals surface area contributed by atoms with Gasteiger partial charge in [-0.2, -0.15) is 0 Å². The van der Waals surface area contributed by atoms with Crippen molar-refractivity contribution in [1.29, 1.82) is 0 Å². The van der Waals surface area contributed by atoms with Gasteiger partial charge in [0.2, 0.25) is 5.91 Å². The topological polar surface area (TPSA) is 92.4 Å². The average Bonchev–Trinajstić information content (AvgIpc) is 2.38. The van der Waals surface area contributed by atoms with Crippen LogP contribution in [-0.2, 0) is 9.59 Å². The lowest BCUT2D eigenvalue weighted by Gasteiger charge is -2.19. The van der Waals surface area contributed by atoms with Crippen molar-refractivity contribution in [3.05, 3.63) is 35.9 Å². The van der Waals surface area contributed by atoms with Gasteiger partial charge < -0.3 is 16.2 Å². The van der Waals surface area contributed by atoms with Gasteiger partial charge in [0.25, 0.3) is 0 Å². The standard InChI is InChI=1S/C14H16N2O3/c1-2-6-11(15)14(19)16-12(9-13(17)18)10-7-4-3-5-8-10/h1,3-5,7-8,11-12H,6,9,15H2,(H,16,19)(H,17,18). The van der Waals surface area contributed by atoms with Crippen molar-refractivity contribution >= 4 is 11.9 Å². The summed E-state index contributed by atoms with van der Waals surface area (Å²) in [6.45, 7) is 0. The second kappa shape index (κ2) is 7.19. The molecule has 0 aliphatic carbocycles. The highest BCUT2D eigenvalue weighted by molar-refractivity contribution is 5.82. The average molecular weight is 260 g/mol. The number of carbonyl (C=O) groups is 2. The summed E-state index contributed by atoms with van der Waals surface area (Å²) in [5.74, 6) is 0.849. The van der Waals surface area contributed by atoms with Crippen molar-refractivity contribution in [1.82, 2.24) is 5.32 Å². The maximum Gasteiger partial charge on any atom is 0.305 e. The lowest BCUT2D eigenvalue weighted by atomic mass is 10.0. The summed E-state index contributed by atoms with van der Waals surface area (Å²) in [7, 11) is 0. The zero-order valence-electron chi connectivity index (χ0n) is 10.4. The molecule has 0 heterocycles. The fraction of sp³-hybridized carbons (Fsp3) is 0.286. The van der Waals surface area contributed by atoms with Crippen LogP contribution < -0.4 is 11.1 Å². The number of carboxylic acids is 1. The molecular weight excluding hydrogens is 244 g/mol. The number of rotatable bonds is 6. The Morgan fingerprint density at radius 1 is 1.37 bits per heavy atom. The molecule has 0 saturated carbocycles. The zero-order chi connectivity index (χ0) is 14.3. The van der Waals surface area contributed by atoms with Crippen molar-refractivity contribution in [3.8, 4) is 12.3 Å². The molecule has 100 valence electrons. The number of carbonyl (C=O) groups excluding carboxylic acids is 1. The molecule has 5 heteroatoms. The second-order valence-corrected chi connectivity index (χ2v) is 4.08. The van der Waals surface area contributed by atoms with E-state index in [4.69, 9.17) is 17.3 Å². The molecule has 0 radical (unpaired) electrons. The molecule has 0 spiro atoms. The third-order valence-corrected chi connectivity index (χ3v) is 2.57. The molecule has 4 N–H and O–H groups in total. The maximum absolute atomic E-state index is 11.8. The van der Waals surface area contributed by atoms with E-state index in [0.717, 1.165) is 0 Å². The Bertz CT molecular complexity index is 479. The zero-order valence-corrected chi connectivity index (χ0v) is 10.4. The van der Waals surface area contributed by atoms with Crippen molar-refractivity contribution in [2.45, 2.75) is 24.9 Å². The molecule has 0 aliphatic rings. The van der Waals surface area contributed by atoms with Crippen LogP contribution in [0.15, 0.2) is 30.3 Å². The number of amides is 1. The number of nitrogens with one attached hydrogen (secondary N) is 1. The normalized spacial score (nSPS) is 13.1. The van der Waals surface area contributed by atoms with Gasteiger partial charge in [0.15, 0.2) is 0 Å². The van der Waals surface area contributed by atoms with Crippen LogP contribution in [0.25, 0.3) is 0 Å². The summed E-state index contributed by atoms with van der Waals surface area (Å²) in [5, 5.41) is 11.5. The predicted octanol–water partition coefficient (Wildman–Crippen LogP) is 0.669. The molecule has 1 amide bonds. The smallest absolute Gasteiger partial charge is 0.305 e. The van der Waals surface area contributed by atoms with Gasteiger partial charge in [-0.3, -0.25) is 9.59 Å². The van der Waals surface area contributed by atoms with Crippen LogP contribution in [0.2, 0.25) is 0 Å². The van der Waals surface area contributed by atoms with E-state index in [9.17, 15) is 9.59 Å². The highest BCUT2D eigenvalue weighted by atomic mass is 16.4. The van der Waals surface area contributed by atoms with Crippen LogP contribution in [0.5, 0.6) is 0 Å². The molecule has 19 heavy (non-hydrogen) atoms. The molecule has 2 atom stereocenters. The van der Waals surface area contributed by atoms with Gasteiger partial charge in [0.05, 0.1) is 18.5 Å². The monoisotopic (exact) mass is 260 g/mol. The first-order valence-corrected chi connectivity index (χ1v) is 5.80. The number of aliphatic carboxylic acids is 1. The van der Waals surface area contributed by atoms with E-state index in [1.54, 1.807) is 24.3 Å². The molecule has 2 unspecified atom stereocenters. The maximum atomic E-state index is 11.8. The number of nitrogens with two attached hydrogens (primary N) is 1. The number of terminal acetylenes is 1. The van der Waals surface area contributed by atoms with E-state index in [1.165, 1.54) is 0 Å². The van der Waals surface area contributed by atoms with Crippen LogP contribution >= 0.6 is 0 Å². The van der Waals surface area contributed by atoms with Crippen molar-refractivity contribution in [2.24, 2.45) is 5.73 Å². The van der Waals surface area contributed by atoms with Gasteiger partial charge in [-0.1, -0.05) is 30.3 Å². The molecule has 5 nitrogen and oxygen atoms in total. The lowest BCUT2D eigenvalue weighted by molar-refractivity contribution is -0.137. The summed E-state index contributed by atoms with van der Waals surface area (Å²) in [6.07, 6.45) is 4.99. The summed E-state index contributed by atoms with van der Waals surface area (Å²) in [5.41, 5.74) is 6.30. The van der Waals surface area contributed by atoms with Crippen molar-refractivity contribution in [2.75, 3.05) is 0 Å². The van der Waals surface area contributed by atoms with Gasteiger partial charge >= 0.3 is 5.97 Å². The van der Waals surface area contributed by atoms with E-state index in [0.29, 0.717) is 5.56 Å². The molecule has 0 saturated heterocycles. The Kier molecular flexibility index (Phi) is 5.58. The van der Waals surface area contributed by atoms with Gasteiger partial charge in [-0.05, 0) is 5.56 Å². The highest BCUT2D eigenvalue weighted by Gasteiger charge is 2.20. The van der Waals surface area contributed by atoms with E-state index in [-0.39, 0.29) is 12.8 Å². The van der Waals surface area contributed by atoms with Crippen LogP contribution in [0, 0.1) is 12.3 Å². The minimum absolute atomic E-state index is 0.112. The summed E-state index contributed by atoms with van der Waals surface area (Å²) >= 11 is 0. The summed E-state index contributed by atoms with van der Waals surface area (Å²) in [6, 6.07) is 7.42. The molecular formula is C14H16N2O3. The fourth-order valence-electron chi connectivity index (χ4n) is 1.61. The molecule has 0 aromatic heterocycles. The van der Waals surface area contributed by atoms with Gasteiger partial charge in [0.1, 0.15) is 0 Å². The van der Waals surface area contributed by atoms with Crippen molar-refractivity contribution in [3.63, 3.8) is 0 Å². The Morgan fingerprint density at radius 3 is 2.53 bits per heavy atom. The van der Waals surface area contributed by atoms with Gasteiger partial charge in [-0.15, -0.1) is 12.3 Å². The molecule has 1 rings (SSSR count). The molecule has 0 aliphatic heterocycles. The third-order valence-electron chi connectivity index (χ3n) is 2.57. The molecule has 1 aromatic carbocycles. The fourth-order valence-corrected chi connectivity index (χ4v) is 1.61. The van der Waals surface area contributed by atoms with Gasteiger partial charge in [-0.25, -0.2) is 0 Å². The van der Waals surface area contributed by atoms with E-state index >= 15 is 0 Å². The quantitative estimate of drug-likeness (QED) is 0.655. The molecule has 1 aromatic rings. The number of benzene rings is 1. The Hall–Kier alpha value is -2.32. The number of hydrogen-bond acceptors (Lipinski definition) is 3. The number of hydrogen-bond donors (Lipinski definition) is 3. The van der Waals surface area contributed by atoms with Crippen LogP contribution in [0.3, 0.4) is 0 Å². The number of carboxylic acid groups (broad SMARTS) is 1. The summed E-state index contributed by atoms with van der Waals surface area (Å²) < 4.78 is 0. The predicted molar refractivity (Wildman–Crippen MR) is 71.0 cm³/mol. The van der Waals surface area contributed by atoms with Crippen LogP contribution in [-0.4, -0.2) is 23.0 Å². The molecule has 0 bridgehead atoms. The SMILES string of the molecule is C#CCC(N)C(=O)NC(CC(=O)O)c1ccccc1. The first-order valence-electron chi connectivity index (χ1n) is 5.80. The van der Waals surface area contributed by atoms with E-state index in [1.807, 2.05) is 6.07 Å². The van der Waals surface area contributed by atoms with Gasteiger partial charge in [0, 0.05) is 6.42 Å². The van der Waals surface area contributed by atoms with Crippen molar-refractivity contribution < 1.29 is 14.7 Å². The first-order chi connectivity index (χ1) is 9.04. The largest absolute Gasteiger partial charge is 0.481 e. The third kappa shape index (κ3) is 4.82. The minimum atomic E-state index is -1.00. The Labute approximate surface area is 111 Å². The van der Waals surface area contributed by atoms with Crippen LogP contribution in [0.4, 0.5) is 0 Å². The first kappa shape index (κ1) is 14.7. The van der Waals surface area contributed by atoms with E-state index < -0.39 is 24.0 Å². The molecule has 0 fully saturated rings. The highest BCUT2D eigenvalue weighted by Crippen LogP contribution is 2.16. The van der Waals surface area contributed by atoms with Crippen LogP contribution in [0.1, 0.15) is 24.4 Å². The Balaban J connectivity index is 2.79. The Morgan fingerprint density at radius 2 is 2.00 bits per heavy atom. The lowest BCUT2D eigenvalue weighted by Crippen LogP contribution is -2.42. The minimum Gasteiger partial charge on any atom is -0.481 e.